The predicted molar refractivity (Wildman–Crippen MR) is 70.0 cm³/mol. The van der Waals surface area contributed by atoms with Crippen LogP contribution in [0.3, 0.4) is 0 Å². The molecule has 2 unspecified atom stereocenters. The first-order valence-corrected chi connectivity index (χ1v) is 6.42. The lowest BCUT2D eigenvalue weighted by Crippen LogP contribution is -2.42. The lowest BCUT2D eigenvalue weighted by atomic mass is 9.91. The van der Waals surface area contributed by atoms with Crippen molar-refractivity contribution in [1.82, 2.24) is 4.90 Å². The normalized spacial score (nSPS) is 24.8. The van der Waals surface area contributed by atoms with Crippen LogP contribution in [-0.4, -0.2) is 23.9 Å². The summed E-state index contributed by atoms with van der Waals surface area (Å²) in [6.07, 6.45) is 1.23. The fraction of sp³-hybridized carbons (Fsp3) is 0.533. The molecular weight excluding hydrogens is 210 g/mol. The van der Waals surface area contributed by atoms with Crippen molar-refractivity contribution in [3.63, 3.8) is 0 Å². The molecule has 1 heterocycles. The van der Waals surface area contributed by atoms with Crippen LogP contribution in [0.2, 0.25) is 0 Å². The van der Waals surface area contributed by atoms with Crippen molar-refractivity contribution in [3.8, 4) is 0 Å². The first-order chi connectivity index (χ1) is 8.06. The van der Waals surface area contributed by atoms with Crippen molar-refractivity contribution < 1.29 is 4.79 Å². The number of nitrogens with zero attached hydrogens (tertiary/aromatic N) is 1. The van der Waals surface area contributed by atoms with E-state index in [-0.39, 0.29) is 5.91 Å². The van der Waals surface area contributed by atoms with E-state index >= 15 is 0 Å². The summed E-state index contributed by atoms with van der Waals surface area (Å²) >= 11 is 0. The molecule has 1 saturated heterocycles. The van der Waals surface area contributed by atoms with E-state index in [2.05, 4.69) is 13.8 Å². The molecule has 1 aromatic carbocycles. The molecule has 2 rings (SSSR count). The van der Waals surface area contributed by atoms with Crippen LogP contribution in [0.4, 0.5) is 0 Å². The molecule has 1 fully saturated rings. The highest BCUT2D eigenvalue weighted by atomic mass is 16.2. The molecule has 92 valence electrons. The summed E-state index contributed by atoms with van der Waals surface area (Å²) in [5, 5.41) is 0. The Balaban J connectivity index is 2.14. The predicted octanol–water partition coefficient (Wildman–Crippen LogP) is 3.11. The van der Waals surface area contributed by atoms with E-state index in [0.717, 1.165) is 24.2 Å². The van der Waals surface area contributed by atoms with Gasteiger partial charge in [-0.25, -0.2) is 0 Å². The Labute approximate surface area is 104 Å². The number of piperidine rings is 1. The Morgan fingerprint density at radius 1 is 1.24 bits per heavy atom. The average Bonchev–Trinajstić information content (AvgIpc) is 2.26. The molecule has 1 aliphatic rings. The molecule has 0 aliphatic carbocycles. The zero-order chi connectivity index (χ0) is 12.4. The van der Waals surface area contributed by atoms with Crippen molar-refractivity contribution in [1.29, 1.82) is 0 Å². The lowest BCUT2D eigenvalue weighted by Gasteiger charge is -2.35. The SMILES string of the molecule is Cc1cccc(C(=O)N2CC(C)CC(C)C2)c1. The first-order valence-electron chi connectivity index (χ1n) is 6.42. The van der Waals surface area contributed by atoms with Gasteiger partial charge in [0.1, 0.15) is 0 Å². The minimum atomic E-state index is 0.187. The number of hydrogen-bond acceptors (Lipinski definition) is 1. The van der Waals surface area contributed by atoms with Gasteiger partial charge in [0.25, 0.3) is 5.91 Å². The Morgan fingerprint density at radius 2 is 1.88 bits per heavy atom. The maximum absolute atomic E-state index is 12.4. The van der Waals surface area contributed by atoms with E-state index in [1.54, 1.807) is 0 Å². The number of rotatable bonds is 1. The Hall–Kier alpha value is -1.31. The molecule has 0 spiro atoms. The molecule has 0 aromatic heterocycles. The molecule has 1 amide bonds. The highest BCUT2D eigenvalue weighted by molar-refractivity contribution is 5.94. The summed E-state index contributed by atoms with van der Waals surface area (Å²) < 4.78 is 0. The minimum absolute atomic E-state index is 0.187. The van der Waals surface area contributed by atoms with Gasteiger partial charge in [-0.3, -0.25) is 4.79 Å². The van der Waals surface area contributed by atoms with Crippen molar-refractivity contribution in [3.05, 3.63) is 35.4 Å². The highest BCUT2D eigenvalue weighted by Gasteiger charge is 2.25. The zero-order valence-electron chi connectivity index (χ0n) is 10.9. The van der Waals surface area contributed by atoms with Gasteiger partial charge in [-0.05, 0) is 37.3 Å². The van der Waals surface area contributed by atoms with Crippen LogP contribution in [0.1, 0.15) is 36.2 Å². The smallest absolute Gasteiger partial charge is 0.253 e. The molecule has 0 saturated carbocycles. The summed E-state index contributed by atoms with van der Waals surface area (Å²) in [7, 11) is 0. The van der Waals surface area contributed by atoms with Crippen LogP contribution in [0.5, 0.6) is 0 Å². The van der Waals surface area contributed by atoms with Crippen molar-refractivity contribution in [2.24, 2.45) is 11.8 Å². The molecule has 2 atom stereocenters. The Morgan fingerprint density at radius 3 is 2.47 bits per heavy atom. The van der Waals surface area contributed by atoms with E-state index in [9.17, 15) is 4.79 Å². The number of hydrogen-bond donors (Lipinski definition) is 0. The molecule has 0 bridgehead atoms. The molecule has 0 radical (unpaired) electrons. The van der Waals surface area contributed by atoms with E-state index in [1.807, 2.05) is 36.1 Å². The molecule has 2 nitrogen and oxygen atoms in total. The van der Waals surface area contributed by atoms with Gasteiger partial charge in [0.05, 0.1) is 0 Å². The second-order valence-corrected chi connectivity index (χ2v) is 5.53. The fourth-order valence-corrected chi connectivity index (χ4v) is 2.79. The fourth-order valence-electron chi connectivity index (χ4n) is 2.79. The largest absolute Gasteiger partial charge is 0.338 e. The number of likely N-dealkylation sites (tertiary alicyclic amines) is 1. The van der Waals surface area contributed by atoms with E-state index in [1.165, 1.54) is 6.42 Å². The average molecular weight is 231 g/mol. The summed E-state index contributed by atoms with van der Waals surface area (Å²) in [5.41, 5.74) is 1.97. The summed E-state index contributed by atoms with van der Waals surface area (Å²) in [5.74, 6) is 1.42. The maximum Gasteiger partial charge on any atom is 0.253 e. The quantitative estimate of drug-likeness (QED) is 0.727. The molecule has 17 heavy (non-hydrogen) atoms. The Kier molecular flexibility index (Phi) is 3.51. The van der Waals surface area contributed by atoms with E-state index < -0.39 is 0 Å². The lowest BCUT2D eigenvalue weighted by molar-refractivity contribution is 0.0623. The van der Waals surface area contributed by atoms with Crippen LogP contribution >= 0.6 is 0 Å². The number of carbonyl (C=O) groups excluding carboxylic acids is 1. The summed E-state index contributed by atoms with van der Waals surface area (Å²) in [6, 6.07) is 7.88. The number of benzene rings is 1. The number of carbonyl (C=O) groups is 1. The molecule has 2 heteroatoms. The third-order valence-electron chi connectivity index (χ3n) is 3.42. The van der Waals surface area contributed by atoms with Gasteiger partial charge < -0.3 is 4.90 Å². The van der Waals surface area contributed by atoms with Gasteiger partial charge in [0.15, 0.2) is 0 Å². The second-order valence-electron chi connectivity index (χ2n) is 5.53. The van der Waals surface area contributed by atoms with Gasteiger partial charge in [-0.2, -0.15) is 0 Å². The van der Waals surface area contributed by atoms with Crippen molar-refractivity contribution in [2.45, 2.75) is 27.2 Å². The van der Waals surface area contributed by atoms with Crippen molar-refractivity contribution in [2.75, 3.05) is 13.1 Å². The minimum Gasteiger partial charge on any atom is -0.338 e. The van der Waals surface area contributed by atoms with Crippen LogP contribution in [-0.2, 0) is 0 Å². The molecule has 1 aliphatic heterocycles. The first kappa shape index (κ1) is 12.2. The third kappa shape index (κ3) is 2.87. The number of amides is 1. The monoisotopic (exact) mass is 231 g/mol. The maximum atomic E-state index is 12.4. The van der Waals surface area contributed by atoms with Crippen LogP contribution in [0.25, 0.3) is 0 Å². The van der Waals surface area contributed by atoms with Crippen molar-refractivity contribution >= 4 is 5.91 Å². The van der Waals surface area contributed by atoms with E-state index in [0.29, 0.717) is 11.8 Å². The van der Waals surface area contributed by atoms with Crippen LogP contribution in [0, 0.1) is 18.8 Å². The highest BCUT2D eigenvalue weighted by Crippen LogP contribution is 2.22. The van der Waals surface area contributed by atoms with Gasteiger partial charge in [0.2, 0.25) is 0 Å². The second kappa shape index (κ2) is 4.91. The zero-order valence-corrected chi connectivity index (χ0v) is 10.9. The Bertz CT molecular complexity index is 403. The number of aryl methyl sites for hydroxylation is 1. The van der Waals surface area contributed by atoms with Gasteiger partial charge in [0, 0.05) is 18.7 Å². The van der Waals surface area contributed by atoms with Crippen LogP contribution < -0.4 is 0 Å². The van der Waals surface area contributed by atoms with E-state index in [4.69, 9.17) is 0 Å². The molecule has 0 N–H and O–H groups in total. The summed E-state index contributed by atoms with van der Waals surface area (Å²) in [4.78, 5) is 14.4. The standard InChI is InChI=1S/C15H21NO/c1-11-5-4-6-14(8-11)15(17)16-9-12(2)7-13(3)10-16/h4-6,8,12-13H,7,9-10H2,1-3H3. The van der Waals surface area contributed by atoms with Gasteiger partial charge in [-0.15, -0.1) is 0 Å². The summed E-state index contributed by atoms with van der Waals surface area (Å²) in [6.45, 7) is 8.28. The molecular formula is C15H21NO. The topological polar surface area (TPSA) is 20.3 Å². The van der Waals surface area contributed by atoms with Gasteiger partial charge in [-0.1, -0.05) is 31.5 Å². The third-order valence-corrected chi connectivity index (χ3v) is 3.42. The molecule has 1 aromatic rings. The van der Waals surface area contributed by atoms with Crippen LogP contribution in [0.15, 0.2) is 24.3 Å². The van der Waals surface area contributed by atoms with Gasteiger partial charge >= 0.3 is 0 Å².